The summed E-state index contributed by atoms with van der Waals surface area (Å²) in [5.74, 6) is 0.927. The fourth-order valence-electron chi connectivity index (χ4n) is 4.19. The van der Waals surface area contributed by atoms with Crippen LogP contribution in [-0.2, 0) is 14.4 Å². The molecule has 1 aromatic rings. The molecule has 3 amide bonds. The summed E-state index contributed by atoms with van der Waals surface area (Å²) >= 11 is 3.29. The second-order valence-corrected chi connectivity index (χ2v) is 9.61. The summed E-state index contributed by atoms with van der Waals surface area (Å²) in [6.07, 6.45) is 9.62. The molecule has 8 heteroatoms. The van der Waals surface area contributed by atoms with Gasteiger partial charge in [-0.15, -0.1) is 0 Å². The molecule has 29 heavy (non-hydrogen) atoms. The SMILES string of the molecule is CSCCC(NC=O)C(=O)N1CCC2(CCN(C(=O)C=Cc3ccsc3)CC2)C1. The molecule has 1 spiro atoms. The number of hydrogen-bond acceptors (Lipinski definition) is 5. The summed E-state index contributed by atoms with van der Waals surface area (Å²) in [5.41, 5.74) is 1.16. The molecule has 6 nitrogen and oxygen atoms in total. The average molecular weight is 436 g/mol. The fraction of sp³-hybridized carbons (Fsp3) is 0.571. The first-order chi connectivity index (χ1) is 14.1. The molecule has 2 aliphatic heterocycles. The highest BCUT2D eigenvalue weighted by Crippen LogP contribution is 2.40. The molecule has 1 unspecified atom stereocenters. The fourth-order valence-corrected chi connectivity index (χ4v) is 5.29. The standard InChI is InChI=1S/C21H29N3O3S2/c1-28-12-5-18(22-16-25)20(27)24-11-8-21(15-24)6-9-23(10-7-21)19(26)3-2-17-4-13-29-14-17/h2-4,13-14,16,18H,5-12,15H2,1H3,(H,22,25). The third-order valence-electron chi connectivity index (χ3n) is 6.03. The van der Waals surface area contributed by atoms with E-state index in [-0.39, 0.29) is 17.2 Å². The zero-order chi connectivity index (χ0) is 20.7. The van der Waals surface area contributed by atoms with Crippen LogP contribution in [0.3, 0.4) is 0 Å². The monoisotopic (exact) mass is 435 g/mol. The van der Waals surface area contributed by atoms with Crippen molar-refractivity contribution >= 4 is 47.4 Å². The van der Waals surface area contributed by atoms with E-state index < -0.39 is 6.04 Å². The van der Waals surface area contributed by atoms with E-state index >= 15 is 0 Å². The molecule has 1 N–H and O–H groups in total. The molecule has 2 fully saturated rings. The van der Waals surface area contributed by atoms with Crippen molar-refractivity contribution < 1.29 is 14.4 Å². The van der Waals surface area contributed by atoms with Crippen molar-refractivity contribution in [2.24, 2.45) is 5.41 Å². The Bertz CT molecular complexity index is 728. The second kappa shape index (κ2) is 10.3. The van der Waals surface area contributed by atoms with Crippen molar-refractivity contribution in [2.45, 2.75) is 31.7 Å². The molecule has 2 saturated heterocycles. The van der Waals surface area contributed by atoms with E-state index in [1.165, 1.54) is 0 Å². The lowest BCUT2D eigenvalue weighted by atomic mass is 9.77. The number of nitrogens with one attached hydrogen (secondary N) is 1. The van der Waals surface area contributed by atoms with E-state index in [0.717, 1.165) is 56.8 Å². The van der Waals surface area contributed by atoms with Gasteiger partial charge in [0.15, 0.2) is 0 Å². The minimum absolute atomic E-state index is 0.0280. The maximum atomic E-state index is 12.9. The largest absolute Gasteiger partial charge is 0.347 e. The number of rotatable bonds is 8. The first-order valence-corrected chi connectivity index (χ1v) is 12.4. The number of thioether (sulfide) groups is 1. The van der Waals surface area contributed by atoms with Gasteiger partial charge in [0.2, 0.25) is 18.2 Å². The average Bonchev–Trinajstić information content (AvgIpc) is 3.40. The third-order valence-corrected chi connectivity index (χ3v) is 7.37. The molecule has 3 heterocycles. The molecule has 158 valence electrons. The second-order valence-electron chi connectivity index (χ2n) is 7.84. The molecule has 2 aliphatic rings. The molecule has 0 saturated carbocycles. The Morgan fingerprint density at radius 1 is 1.28 bits per heavy atom. The van der Waals surface area contributed by atoms with Crippen LogP contribution in [0.15, 0.2) is 22.9 Å². The van der Waals surface area contributed by atoms with E-state index in [9.17, 15) is 14.4 Å². The summed E-state index contributed by atoms with van der Waals surface area (Å²) in [4.78, 5) is 40.0. The number of thiophene rings is 1. The summed E-state index contributed by atoms with van der Waals surface area (Å²) in [7, 11) is 0. The molecule has 0 bridgehead atoms. The Morgan fingerprint density at radius 3 is 2.62 bits per heavy atom. The normalized spacial score (nSPS) is 19.6. The number of amides is 3. The topological polar surface area (TPSA) is 69.7 Å². The lowest BCUT2D eigenvalue weighted by Crippen LogP contribution is -2.48. The van der Waals surface area contributed by atoms with Gasteiger partial charge < -0.3 is 15.1 Å². The van der Waals surface area contributed by atoms with E-state index in [0.29, 0.717) is 12.8 Å². The number of likely N-dealkylation sites (tertiary alicyclic amines) is 2. The Morgan fingerprint density at radius 2 is 2.00 bits per heavy atom. The van der Waals surface area contributed by atoms with Crippen LogP contribution in [0.25, 0.3) is 6.08 Å². The van der Waals surface area contributed by atoms with Crippen LogP contribution in [0.2, 0.25) is 0 Å². The summed E-state index contributed by atoms with van der Waals surface area (Å²) in [6.45, 7) is 2.94. The van der Waals surface area contributed by atoms with Gasteiger partial charge >= 0.3 is 0 Å². The molecule has 3 rings (SSSR count). The van der Waals surface area contributed by atoms with E-state index in [2.05, 4.69) is 5.32 Å². The van der Waals surface area contributed by atoms with Crippen molar-refractivity contribution in [3.63, 3.8) is 0 Å². The lowest BCUT2D eigenvalue weighted by molar-refractivity contribution is -0.135. The Kier molecular flexibility index (Phi) is 7.77. The Labute approximate surface area is 180 Å². The lowest BCUT2D eigenvalue weighted by Gasteiger charge is -2.39. The van der Waals surface area contributed by atoms with Crippen LogP contribution in [0.1, 0.15) is 31.2 Å². The molecule has 0 aliphatic carbocycles. The minimum atomic E-state index is -0.431. The highest BCUT2D eigenvalue weighted by atomic mass is 32.2. The van der Waals surface area contributed by atoms with Gasteiger partial charge in [-0.3, -0.25) is 14.4 Å². The number of carbonyl (C=O) groups is 3. The zero-order valence-electron chi connectivity index (χ0n) is 16.8. The highest BCUT2D eigenvalue weighted by Gasteiger charge is 2.43. The zero-order valence-corrected chi connectivity index (χ0v) is 18.5. The quantitative estimate of drug-likeness (QED) is 0.503. The van der Waals surface area contributed by atoms with Crippen LogP contribution in [-0.4, -0.2) is 72.3 Å². The minimum Gasteiger partial charge on any atom is -0.347 e. The van der Waals surface area contributed by atoms with Crippen molar-refractivity contribution in [3.8, 4) is 0 Å². The molecular formula is C21H29N3O3S2. The first-order valence-electron chi connectivity index (χ1n) is 10.0. The van der Waals surface area contributed by atoms with Crippen molar-refractivity contribution in [3.05, 3.63) is 28.5 Å². The first kappa shape index (κ1) is 21.9. The van der Waals surface area contributed by atoms with Gasteiger partial charge in [-0.25, -0.2) is 0 Å². The van der Waals surface area contributed by atoms with Gasteiger partial charge in [0.25, 0.3) is 0 Å². The highest BCUT2D eigenvalue weighted by molar-refractivity contribution is 7.98. The molecule has 1 aromatic heterocycles. The number of carbonyl (C=O) groups excluding carboxylic acids is 3. The summed E-state index contributed by atoms with van der Waals surface area (Å²) in [5, 5.41) is 6.71. The van der Waals surface area contributed by atoms with Gasteiger partial charge in [0.05, 0.1) is 0 Å². The predicted molar refractivity (Wildman–Crippen MR) is 119 cm³/mol. The summed E-state index contributed by atoms with van der Waals surface area (Å²) < 4.78 is 0. The third kappa shape index (κ3) is 5.63. The van der Waals surface area contributed by atoms with Crippen LogP contribution in [0, 0.1) is 5.41 Å². The van der Waals surface area contributed by atoms with Crippen LogP contribution in [0.4, 0.5) is 0 Å². The van der Waals surface area contributed by atoms with Crippen LogP contribution in [0.5, 0.6) is 0 Å². The summed E-state index contributed by atoms with van der Waals surface area (Å²) in [6, 6.07) is 1.56. The molecular weight excluding hydrogens is 406 g/mol. The van der Waals surface area contributed by atoms with Gasteiger partial charge in [0.1, 0.15) is 6.04 Å². The number of nitrogens with zero attached hydrogens (tertiary/aromatic N) is 2. The van der Waals surface area contributed by atoms with Crippen molar-refractivity contribution in [2.75, 3.05) is 38.2 Å². The predicted octanol–water partition coefficient (Wildman–Crippen LogP) is 2.47. The maximum Gasteiger partial charge on any atom is 0.246 e. The van der Waals surface area contributed by atoms with E-state index in [1.54, 1.807) is 29.2 Å². The molecule has 0 radical (unpaired) electrons. The number of hydrogen-bond donors (Lipinski definition) is 1. The van der Waals surface area contributed by atoms with E-state index in [1.807, 2.05) is 39.0 Å². The van der Waals surface area contributed by atoms with Crippen molar-refractivity contribution in [1.82, 2.24) is 15.1 Å². The molecule has 1 atom stereocenters. The Balaban J connectivity index is 1.51. The van der Waals surface area contributed by atoms with Crippen LogP contribution >= 0.6 is 23.1 Å². The van der Waals surface area contributed by atoms with Crippen molar-refractivity contribution in [1.29, 1.82) is 0 Å². The van der Waals surface area contributed by atoms with Gasteiger partial charge in [-0.1, -0.05) is 0 Å². The number of piperidine rings is 1. The van der Waals surface area contributed by atoms with Gasteiger partial charge in [0, 0.05) is 32.3 Å². The van der Waals surface area contributed by atoms with Gasteiger partial charge in [-0.2, -0.15) is 23.1 Å². The van der Waals surface area contributed by atoms with Crippen LogP contribution < -0.4 is 5.32 Å². The maximum absolute atomic E-state index is 12.9. The Hall–Kier alpha value is -1.80. The molecule has 0 aromatic carbocycles. The van der Waals surface area contributed by atoms with E-state index in [4.69, 9.17) is 0 Å². The van der Waals surface area contributed by atoms with Gasteiger partial charge in [-0.05, 0) is 71.6 Å². The smallest absolute Gasteiger partial charge is 0.246 e.